The number of aliphatic hydroxyl groups is 1. The Labute approximate surface area is 119 Å². The van der Waals surface area contributed by atoms with Crippen molar-refractivity contribution in [2.75, 3.05) is 19.8 Å². The van der Waals surface area contributed by atoms with Crippen LogP contribution in [0.2, 0.25) is 0 Å². The number of carbonyl (C=O) groups is 1. The number of benzene rings is 1. The highest BCUT2D eigenvalue weighted by Crippen LogP contribution is 2.13. The number of nitrogens with one attached hydrogen (secondary N) is 1. The molecule has 0 spiro atoms. The number of aromatic carboxylic acids is 1. The van der Waals surface area contributed by atoms with Crippen molar-refractivity contribution < 1.29 is 19.7 Å². The van der Waals surface area contributed by atoms with Gasteiger partial charge in [-0.05, 0) is 30.5 Å². The van der Waals surface area contributed by atoms with Crippen molar-refractivity contribution in [1.29, 1.82) is 0 Å². The number of aliphatic hydroxyl groups excluding tert-OH is 1. The SMILES string of the molecule is CC(C)CC(CO)NCCOc1cccc(C(=O)O)c1. The summed E-state index contributed by atoms with van der Waals surface area (Å²) in [5.74, 6) is 0.0924. The fourth-order valence-corrected chi connectivity index (χ4v) is 1.94. The lowest BCUT2D eigenvalue weighted by Crippen LogP contribution is -2.36. The van der Waals surface area contributed by atoms with Crippen LogP contribution in [0, 0.1) is 5.92 Å². The Morgan fingerprint density at radius 1 is 1.40 bits per heavy atom. The molecule has 0 radical (unpaired) electrons. The van der Waals surface area contributed by atoms with Crippen LogP contribution in [0.1, 0.15) is 30.6 Å². The predicted molar refractivity (Wildman–Crippen MR) is 77.2 cm³/mol. The summed E-state index contributed by atoms with van der Waals surface area (Å²) in [7, 11) is 0. The van der Waals surface area contributed by atoms with Crippen molar-refractivity contribution in [2.45, 2.75) is 26.3 Å². The number of carboxylic acid groups (broad SMARTS) is 1. The summed E-state index contributed by atoms with van der Waals surface area (Å²) in [5.41, 5.74) is 0.212. The number of hydrogen-bond acceptors (Lipinski definition) is 4. The first-order valence-corrected chi connectivity index (χ1v) is 6.83. The Hall–Kier alpha value is -1.59. The molecular formula is C15H23NO4. The zero-order valence-corrected chi connectivity index (χ0v) is 12.0. The largest absolute Gasteiger partial charge is 0.492 e. The maximum atomic E-state index is 10.8. The van der Waals surface area contributed by atoms with Gasteiger partial charge in [0.1, 0.15) is 12.4 Å². The summed E-state index contributed by atoms with van der Waals surface area (Å²) in [6.07, 6.45) is 0.908. The first-order chi connectivity index (χ1) is 9.52. The molecule has 0 aromatic heterocycles. The predicted octanol–water partition coefficient (Wildman–Crippen LogP) is 1.76. The summed E-state index contributed by atoms with van der Waals surface area (Å²) >= 11 is 0. The van der Waals surface area contributed by atoms with Crippen LogP contribution in [0.5, 0.6) is 5.75 Å². The van der Waals surface area contributed by atoms with E-state index >= 15 is 0 Å². The van der Waals surface area contributed by atoms with Gasteiger partial charge < -0.3 is 20.3 Å². The second kappa shape index (κ2) is 8.55. The molecule has 1 aromatic carbocycles. The molecule has 1 rings (SSSR count). The van der Waals surface area contributed by atoms with Crippen molar-refractivity contribution in [3.8, 4) is 5.75 Å². The van der Waals surface area contributed by atoms with Crippen molar-refractivity contribution in [3.63, 3.8) is 0 Å². The number of hydrogen-bond donors (Lipinski definition) is 3. The van der Waals surface area contributed by atoms with E-state index in [2.05, 4.69) is 19.2 Å². The summed E-state index contributed by atoms with van der Waals surface area (Å²) < 4.78 is 5.49. The number of carboxylic acids is 1. The van der Waals surface area contributed by atoms with Crippen molar-refractivity contribution >= 4 is 5.97 Å². The quantitative estimate of drug-likeness (QED) is 0.601. The molecule has 1 atom stereocenters. The summed E-state index contributed by atoms with van der Waals surface area (Å²) in [4.78, 5) is 10.8. The highest BCUT2D eigenvalue weighted by Gasteiger charge is 2.08. The zero-order valence-electron chi connectivity index (χ0n) is 12.0. The molecule has 1 aromatic rings. The van der Waals surface area contributed by atoms with E-state index in [1.54, 1.807) is 12.1 Å². The van der Waals surface area contributed by atoms with E-state index < -0.39 is 5.97 Å². The average Bonchev–Trinajstić information content (AvgIpc) is 2.42. The Bertz CT molecular complexity index is 420. The maximum Gasteiger partial charge on any atom is 0.335 e. The molecule has 1 unspecified atom stereocenters. The van der Waals surface area contributed by atoms with Crippen LogP contribution < -0.4 is 10.1 Å². The van der Waals surface area contributed by atoms with Crippen LogP contribution in [0.25, 0.3) is 0 Å². The number of ether oxygens (including phenoxy) is 1. The molecule has 0 aliphatic carbocycles. The fraction of sp³-hybridized carbons (Fsp3) is 0.533. The third-order valence-electron chi connectivity index (χ3n) is 2.86. The van der Waals surface area contributed by atoms with E-state index in [-0.39, 0.29) is 18.2 Å². The van der Waals surface area contributed by atoms with E-state index in [4.69, 9.17) is 9.84 Å². The molecular weight excluding hydrogens is 258 g/mol. The first kappa shape index (κ1) is 16.5. The minimum atomic E-state index is -0.967. The molecule has 20 heavy (non-hydrogen) atoms. The van der Waals surface area contributed by atoms with Crippen molar-refractivity contribution in [2.24, 2.45) is 5.92 Å². The van der Waals surface area contributed by atoms with Gasteiger partial charge in [0.15, 0.2) is 0 Å². The van der Waals surface area contributed by atoms with Crippen LogP contribution in [-0.2, 0) is 0 Å². The topological polar surface area (TPSA) is 78.8 Å². The Kier molecular flexibility index (Phi) is 7.04. The van der Waals surface area contributed by atoms with E-state index in [1.807, 2.05) is 0 Å². The Morgan fingerprint density at radius 2 is 2.15 bits per heavy atom. The van der Waals surface area contributed by atoms with Gasteiger partial charge >= 0.3 is 5.97 Å². The van der Waals surface area contributed by atoms with Crippen molar-refractivity contribution in [3.05, 3.63) is 29.8 Å². The van der Waals surface area contributed by atoms with Crippen LogP contribution >= 0.6 is 0 Å². The van der Waals surface area contributed by atoms with Gasteiger partial charge in [-0.1, -0.05) is 19.9 Å². The lowest BCUT2D eigenvalue weighted by molar-refractivity contribution is 0.0696. The zero-order chi connectivity index (χ0) is 15.0. The summed E-state index contributed by atoms with van der Waals surface area (Å²) in [6.45, 7) is 5.36. The van der Waals surface area contributed by atoms with Crippen LogP contribution in [0.15, 0.2) is 24.3 Å². The number of rotatable bonds is 9. The monoisotopic (exact) mass is 281 g/mol. The molecule has 0 saturated heterocycles. The molecule has 0 saturated carbocycles. The third kappa shape index (κ3) is 6.04. The summed E-state index contributed by atoms with van der Waals surface area (Å²) in [5, 5.41) is 21.3. The van der Waals surface area contributed by atoms with E-state index in [0.717, 1.165) is 6.42 Å². The average molecular weight is 281 g/mol. The summed E-state index contributed by atoms with van der Waals surface area (Å²) in [6, 6.07) is 6.48. The van der Waals surface area contributed by atoms with Gasteiger partial charge in [-0.25, -0.2) is 4.79 Å². The minimum absolute atomic E-state index is 0.0731. The highest BCUT2D eigenvalue weighted by molar-refractivity contribution is 5.87. The molecule has 5 nitrogen and oxygen atoms in total. The lowest BCUT2D eigenvalue weighted by Gasteiger charge is -2.18. The van der Waals surface area contributed by atoms with Gasteiger partial charge in [-0.3, -0.25) is 0 Å². The van der Waals surface area contributed by atoms with Gasteiger partial charge in [0.05, 0.1) is 12.2 Å². The molecule has 0 aliphatic heterocycles. The fourth-order valence-electron chi connectivity index (χ4n) is 1.94. The molecule has 3 N–H and O–H groups in total. The van der Waals surface area contributed by atoms with Crippen LogP contribution in [0.4, 0.5) is 0 Å². The normalized spacial score (nSPS) is 12.4. The maximum absolute atomic E-state index is 10.8. The first-order valence-electron chi connectivity index (χ1n) is 6.83. The molecule has 0 fully saturated rings. The van der Waals surface area contributed by atoms with E-state index in [9.17, 15) is 9.90 Å². The Balaban J connectivity index is 2.33. The standard InChI is InChI=1S/C15H23NO4/c1-11(2)8-13(10-17)16-6-7-20-14-5-3-4-12(9-14)15(18)19/h3-5,9,11,13,16-17H,6-8,10H2,1-2H3,(H,18,19). The van der Waals surface area contributed by atoms with Gasteiger partial charge in [0.25, 0.3) is 0 Å². The molecule has 5 heteroatoms. The highest BCUT2D eigenvalue weighted by atomic mass is 16.5. The minimum Gasteiger partial charge on any atom is -0.492 e. The smallest absolute Gasteiger partial charge is 0.335 e. The van der Waals surface area contributed by atoms with Crippen LogP contribution in [-0.4, -0.2) is 42.0 Å². The Morgan fingerprint density at radius 3 is 2.75 bits per heavy atom. The van der Waals surface area contributed by atoms with Gasteiger partial charge in [0, 0.05) is 12.6 Å². The van der Waals surface area contributed by atoms with Gasteiger partial charge in [-0.2, -0.15) is 0 Å². The van der Waals surface area contributed by atoms with E-state index in [0.29, 0.717) is 24.8 Å². The van der Waals surface area contributed by atoms with Crippen molar-refractivity contribution in [1.82, 2.24) is 5.32 Å². The van der Waals surface area contributed by atoms with E-state index in [1.165, 1.54) is 12.1 Å². The second-order valence-electron chi connectivity index (χ2n) is 5.14. The molecule has 112 valence electrons. The molecule has 0 aliphatic rings. The molecule has 0 amide bonds. The van der Waals surface area contributed by atoms with Gasteiger partial charge in [-0.15, -0.1) is 0 Å². The van der Waals surface area contributed by atoms with Crippen LogP contribution in [0.3, 0.4) is 0 Å². The van der Waals surface area contributed by atoms with Gasteiger partial charge in [0.2, 0.25) is 0 Å². The third-order valence-corrected chi connectivity index (χ3v) is 2.86. The second-order valence-corrected chi connectivity index (χ2v) is 5.14. The lowest BCUT2D eigenvalue weighted by atomic mass is 10.0. The molecule has 0 heterocycles. The molecule has 0 bridgehead atoms.